The monoisotopic (exact) mass is 303 g/mol. The number of aliphatic hydroxyl groups is 1. The summed E-state index contributed by atoms with van der Waals surface area (Å²) in [6, 6.07) is 16.2. The molecule has 21 heavy (non-hydrogen) atoms. The Kier molecular flexibility index (Phi) is 4.21. The predicted octanol–water partition coefficient (Wildman–Crippen LogP) is 3.97. The largest absolute Gasteiger partial charge is 0.384 e. The van der Waals surface area contributed by atoms with E-state index in [9.17, 15) is 9.32 Å². The van der Waals surface area contributed by atoms with Crippen molar-refractivity contribution in [3.63, 3.8) is 0 Å². The van der Waals surface area contributed by atoms with Gasteiger partial charge in [-0.3, -0.25) is 0 Å². The van der Waals surface area contributed by atoms with E-state index in [1.807, 2.05) is 30.3 Å². The van der Waals surface area contributed by atoms with Crippen molar-refractivity contribution in [1.29, 1.82) is 4.78 Å². The Morgan fingerprint density at radius 3 is 2.10 bits per heavy atom. The number of benzene rings is 2. The standard InChI is InChI=1S/C17H21NO2S/c1-17(2,3)21(18,20)15-12-8-7-11-14(15)16(19)13-9-5-4-6-10-13/h4-12,16,18-19H,1-3H3. The maximum Gasteiger partial charge on any atom is 0.105 e. The average molecular weight is 303 g/mol. The Morgan fingerprint density at radius 1 is 1.00 bits per heavy atom. The highest BCUT2D eigenvalue weighted by Gasteiger charge is 2.30. The van der Waals surface area contributed by atoms with Crippen LogP contribution in [0.5, 0.6) is 0 Å². The highest BCUT2D eigenvalue weighted by molar-refractivity contribution is 7.93. The third-order valence-corrected chi connectivity index (χ3v) is 6.22. The van der Waals surface area contributed by atoms with Gasteiger partial charge in [0.15, 0.2) is 0 Å². The molecule has 0 spiro atoms. The van der Waals surface area contributed by atoms with E-state index < -0.39 is 20.6 Å². The van der Waals surface area contributed by atoms with Gasteiger partial charge >= 0.3 is 0 Å². The van der Waals surface area contributed by atoms with Gasteiger partial charge in [-0.15, -0.1) is 0 Å². The predicted molar refractivity (Wildman–Crippen MR) is 85.8 cm³/mol. The summed E-state index contributed by atoms with van der Waals surface area (Å²) in [5.41, 5.74) is 1.27. The molecule has 0 aliphatic rings. The topological polar surface area (TPSA) is 61.2 Å². The molecule has 2 aromatic carbocycles. The van der Waals surface area contributed by atoms with Crippen molar-refractivity contribution in [2.75, 3.05) is 0 Å². The van der Waals surface area contributed by atoms with Gasteiger partial charge in [-0.1, -0.05) is 48.5 Å². The first-order valence-corrected chi connectivity index (χ1v) is 8.41. The van der Waals surface area contributed by atoms with E-state index in [4.69, 9.17) is 4.78 Å². The molecular formula is C17H21NO2S. The van der Waals surface area contributed by atoms with Crippen LogP contribution in [-0.2, 0) is 9.73 Å². The van der Waals surface area contributed by atoms with Crippen LogP contribution < -0.4 is 0 Å². The molecule has 0 radical (unpaired) electrons. The first-order valence-electron chi connectivity index (χ1n) is 6.85. The van der Waals surface area contributed by atoms with Crippen LogP contribution in [0.15, 0.2) is 59.5 Å². The number of aliphatic hydroxyl groups excluding tert-OH is 1. The number of nitrogens with one attached hydrogen (secondary N) is 1. The number of rotatable bonds is 3. The zero-order valence-electron chi connectivity index (χ0n) is 12.5. The van der Waals surface area contributed by atoms with Crippen molar-refractivity contribution in [2.24, 2.45) is 0 Å². The summed E-state index contributed by atoms with van der Waals surface area (Å²) in [6.07, 6.45) is -0.879. The molecule has 112 valence electrons. The van der Waals surface area contributed by atoms with Crippen LogP contribution in [-0.4, -0.2) is 14.1 Å². The summed E-state index contributed by atoms with van der Waals surface area (Å²) in [6.45, 7) is 5.36. The quantitative estimate of drug-likeness (QED) is 0.901. The summed E-state index contributed by atoms with van der Waals surface area (Å²) in [5, 5.41) is 10.6. The van der Waals surface area contributed by atoms with Gasteiger partial charge in [0.25, 0.3) is 0 Å². The lowest BCUT2D eigenvalue weighted by Crippen LogP contribution is -2.28. The molecule has 0 bridgehead atoms. The lowest BCUT2D eigenvalue weighted by atomic mass is 10.0. The molecule has 0 saturated carbocycles. The highest BCUT2D eigenvalue weighted by atomic mass is 32.2. The molecule has 0 aliphatic carbocycles. The van der Waals surface area contributed by atoms with Crippen LogP contribution in [0.1, 0.15) is 38.0 Å². The van der Waals surface area contributed by atoms with Crippen LogP contribution in [0.25, 0.3) is 0 Å². The number of hydrogen-bond acceptors (Lipinski definition) is 3. The first kappa shape index (κ1) is 15.7. The molecule has 2 rings (SSSR count). The van der Waals surface area contributed by atoms with E-state index >= 15 is 0 Å². The summed E-state index contributed by atoms with van der Waals surface area (Å²) < 4.78 is 20.6. The molecule has 0 saturated heterocycles. The molecule has 0 heterocycles. The minimum atomic E-state index is -3.02. The molecule has 4 heteroatoms. The van der Waals surface area contributed by atoms with Crippen molar-refractivity contribution >= 4 is 9.73 Å². The molecular weight excluding hydrogens is 282 g/mol. The second-order valence-corrected chi connectivity index (χ2v) is 8.80. The molecule has 0 fully saturated rings. The molecule has 0 aromatic heterocycles. The maximum atomic E-state index is 12.9. The second-order valence-electron chi connectivity index (χ2n) is 6.02. The van der Waals surface area contributed by atoms with E-state index in [1.54, 1.807) is 45.0 Å². The van der Waals surface area contributed by atoms with Crippen molar-refractivity contribution in [1.82, 2.24) is 0 Å². The minimum Gasteiger partial charge on any atom is -0.384 e. The van der Waals surface area contributed by atoms with Gasteiger partial charge in [0.05, 0.1) is 14.6 Å². The molecule has 3 nitrogen and oxygen atoms in total. The van der Waals surface area contributed by atoms with E-state index in [1.165, 1.54) is 0 Å². The highest BCUT2D eigenvalue weighted by Crippen LogP contribution is 2.33. The lowest BCUT2D eigenvalue weighted by molar-refractivity contribution is 0.217. The second kappa shape index (κ2) is 5.62. The van der Waals surface area contributed by atoms with Crippen LogP contribution in [0.3, 0.4) is 0 Å². The van der Waals surface area contributed by atoms with Crippen molar-refractivity contribution in [3.8, 4) is 0 Å². The smallest absolute Gasteiger partial charge is 0.105 e. The van der Waals surface area contributed by atoms with Crippen molar-refractivity contribution in [3.05, 3.63) is 65.7 Å². The third kappa shape index (κ3) is 3.01. The Morgan fingerprint density at radius 2 is 1.52 bits per heavy atom. The Hall–Kier alpha value is -1.65. The molecule has 2 aromatic rings. The number of hydrogen-bond donors (Lipinski definition) is 2. The maximum absolute atomic E-state index is 12.9. The van der Waals surface area contributed by atoms with Crippen LogP contribution in [0.2, 0.25) is 0 Å². The third-order valence-electron chi connectivity index (χ3n) is 3.50. The van der Waals surface area contributed by atoms with Crippen LogP contribution in [0.4, 0.5) is 0 Å². The van der Waals surface area contributed by atoms with Gasteiger partial charge in [-0.2, -0.15) is 0 Å². The summed E-state index contributed by atoms with van der Waals surface area (Å²) in [5.74, 6) is 0. The minimum absolute atomic E-state index is 0.411. The SMILES string of the molecule is CC(C)(C)S(=N)(=O)c1ccccc1C(O)c1ccccc1. The van der Waals surface area contributed by atoms with Crippen molar-refractivity contribution in [2.45, 2.75) is 36.5 Å². The van der Waals surface area contributed by atoms with Crippen LogP contribution >= 0.6 is 0 Å². The zero-order valence-corrected chi connectivity index (χ0v) is 13.4. The lowest BCUT2D eigenvalue weighted by Gasteiger charge is -2.26. The normalized spacial score (nSPS) is 16.2. The Balaban J connectivity index is 2.58. The fourth-order valence-electron chi connectivity index (χ4n) is 2.11. The molecule has 2 atom stereocenters. The van der Waals surface area contributed by atoms with Gasteiger partial charge in [-0.25, -0.2) is 8.99 Å². The Bertz CT molecular complexity index is 716. The fraction of sp³-hybridized carbons (Fsp3) is 0.294. The molecule has 0 amide bonds. The van der Waals surface area contributed by atoms with Gasteiger partial charge in [0, 0.05) is 10.3 Å². The molecule has 2 N–H and O–H groups in total. The molecule has 2 unspecified atom stereocenters. The van der Waals surface area contributed by atoms with Gasteiger partial charge < -0.3 is 5.11 Å². The van der Waals surface area contributed by atoms with Crippen LogP contribution in [0, 0.1) is 4.78 Å². The summed E-state index contributed by atoms with van der Waals surface area (Å²) >= 11 is 0. The summed E-state index contributed by atoms with van der Waals surface area (Å²) in [4.78, 5) is 0.411. The first-order chi connectivity index (χ1) is 9.75. The fourth-order valence-corrected chi connectivity index (χ4v) is 3.55. The van der Waals surface area contributed by atoms with E-state index in [0.29, 0.717) is 10.5 Å². The average Bonchev–Trinajstić information content (AvgIpc) is 2.46. The Labute approximate surface area is 126 Å². The van der Waals surface area contributed by atoms with Gasteiger partial charge in [0.1, 0.15) is 6.10 Å². The van der Waals surface area contributed by atoms with E-state index in [2.05, 4.69) is 0 Å². The summed E-state index contributed by atoms with van der Waals surface area (Å²) in [7, 11) is -3.02. The molecule has 0 aliphatic heterocycles. The van der Waals surface area contributed by atoms with Gasteiger partial charge in [0.2, 0.25) is 0 Å². The zero-order chi connectivity index (χ0) is 15.7. The van der Waals surface area contributed by atoms with Gasteiger partial charge in [-0.05, 0) is 32.4 Å². The van der Waals surface area contributed by atoms with E-state index in [-0.39, 0.29) is 0 Å². The van der Waals surface area contributed by atoms with E-state index in [0.717, 1.165) is 5.56 Å². The van der Waals surface area contributed by atoms with Crippen molar-refractivity contribution < 1.29 is 9.32 Å².